The molecule has 0 saturated heterocycles. The summed E-state index contributed by atoms with van der Waals surface area (Å²) < 4.78 is 23.4. The summed E-state index contributed by atoms with van der Waals surface area (Å²) in [4.78, 5) is 0. The molecule has 0 fully saturated rings. The summed E-state index contributed by atoms with van der Waals surface area (Å²) in [5.41, 5.74) is 0. The predicted octanol–water partition coefficient (Wildman–Crippen LogP) is 2.62. The lowest BCUT2D eigenvalue weighted by Crippen LogP contribution is -2.26. The molecule has 0 amide bonds. The largest absolute Gasteiger partial charge is 0.316 e. The zero-order valence-corrected chi connectivity index (χ0v) is 12.5. The summed E-state index contributed by atoms with van der Waals surface area (Å²) in [6.45, 7) is 7.76. The van der Waals surface area contributed by atoms with Crippen molar-refractivity contribution in [2.24, 2.45) is 5.92 Å². The number of hydrogen-bond acceptors (Lipinski definition) is 3. The van der Waals surface area contributed by atoms with Gasteiger partial charge in [0.25, 0.3) is 0 Å². The lowest BCUT2D eigenvalue weighted by Gasteiger charge is -2.10. The fourth-order valence-corrected chi connectivity index (χ4v) is 3.39. The highest BCUT2D eigenvalue weighted by molar-refractivity contribution is 7.91. The van der Waals surface area contributed by atoms with Gasteiger partial charge in [0.15, 0.2) is 9.84 Å². The fraction of sp³-hybridized carbons (Fsp3) is 1.00. The highest BCUT2D eigenvalue weighted by Gasteiger charge is 2.13. The van der Waals surface area contributed by atoms with Crippen LogP contribution in [0.4, 0.5) is 0 Å². The summed E-state index contributed by atoms with van der Waals surface area (Å²) in [5.74, 6) is 0.899. The van der Waals surface area contributed by atoms with Gasteiger partial charge in [0.1, 0.15) is 0 Å². The topological polar surface area (TPSA) is 46.2 Å². The molecular formula is C13H29NO2S. The second-order valence-corrected chi connectivity index (χ2v) is 7.17. The highest BCUT2D eigenvalue weighted by atomic mass is 32.2. The maximum Gasteiger partial charge on any atom is 0.151 e. The van der Waals surface area contributed by atoms with Gasteiger partial charge in [0, 0.05) is 6.54 Å². The molecule has 0 aromatic rings. The first-order valence-electron chi connectivity index (χ1n) is 6.93. The fourth-order valence-electron chi connectivity index (χ4n) is 1.66. The van der Waals surface area contributed by atoms with Gasteiger partial charge in [0.2, 0.25) is 0 Å². The molecule has 0 aromatic carbocycles. The van der Waals surface area contributed by atoms with E-state index in [9.17, 15) is 8.42 Å². The monoisotopic (exact) mass is 263 g/mol. The Labute approximate surface area is 107 Å². The van der Waals surface area contributed by atoms with E-state index in [1.165, 1.54) is 19.3 Å². The van der Waals surface area contributed by atoms with Gasteiger partial charge < -0.3 is 5.32 Å². The Bertz CT molecular complexity index is 263. The van der Waals surface area contributed by atoms with Crippen molar-refractivity contribution >= 4 is 9.84 Å². The van der Waals surface area contributed by atoms with Gasteiger partial charge in [-0.15, -0.1) is 0 Å². The lowest BCUT2D eigenvalue weighted by molar-refractivity contribution is 0.558. The van der Waals surface area contributed by atoms with Crippen LogP contribution >= 0.6 is 0 Å². The molecule has 4 heteroatoms. The lowest BCUT2D eigenvalue weighted by atomic mass is 10.2. The molecule has 0 bridgehead atoms. The van der Waals surface area contributed by atoms with Gasteiger partial charge in [-0.05, 0) is 18.9 Å². The van der Waals surface area contributed by atoms with E-state index in [1.54, 1.807) is 0 Å². The van der Waals surface area contributed by atoms with Gasteiger partial charge in [-0.2, -0.15) is 0 Å². The minimum absolute atomic E-state index is 0.282. The van der Waals surface area contributed by atoms with Crippen LogP contribution in [0.1, 0.15) is 52.9 Å². The number of unbranched alkanes of at least 4 members (excludes halogenated alkanes) is 3. The van der Waals surface area contributed by atoms with Gasteiger partial charge in [0.05, 0.1) is 11.5 Å². The first-order valence-corrected chi connectivity index (χ1v) is 8.75. The molecular weight excluding hydrogens is 234 g/mol. The van der Waals surface area contributed by atoms with Crippen LogP contribution in [0.2, 0.25) is 0 Å². The smallest absolute Gasteiger partial charge is 0.151 e. The first-order chi connectivity index (χ1) is 8.02. The molecule has 1 atom stereocenters. The van der Waals surface area contributed by atoms with E-state index in [-0.39, 0.29) is 11.7 Å². The minimum Gasteiger partial charge on any atom is -0.316 e. The predicted molar refractivity (Wildman–Crippen MR) is 75.1 cm³/mol. The number of nitrogens with one attached hydrogen (secondary N) is 1. The number of hydrogen-bond donors (Lipinski definition) is 1. The van der Waals surface area contributed by atoms with Crippen LogP contribution in [0.15, 0.2) is 0 Å². The zero-order chi connectivity index (χ0) is 13.1. The van der Waals surface area contributed by atoms with E-state index in [0.717, 1.165) is 19.4 Å². The summed E-state index contributed by atoms with van der Waals surface area (Å²) >= 11 is 0. The maximum atomic E-state index is 11.7. The van der Waals surface area contributed by atoms with Crippen LogP contribution in [0, 0.1) is 5.92 Å². The normalized spacial score (nSPS) is 13.8. The van der Waals surface area contributed by atoms with Crippen molar-refractivity contribution in [3.05, 3.63) is 0 Å². The third kappa shape index (κ3) is 10.8. The van der Waals surface area contributed by atoms with Crippen molar-refractivity contribution in [1.29, 1.82) is 0 Å². The molecule has 104 valence electrons. The molecule has 1 unspecified atom stereocenters. The molecule has 0 saturated carbocycles. The van der Waals surface area contributed by atoms with Crippen LogP contribution in [0.3, 0.4) is 0 Å². The van der Waals surface area contributed by atoms with Crippen molar-refractivity contribution < 1.29 is 8.42 Å². The summed E-state index contributed by atoms with van der Waals surface area (Å²) in [7, 11) is -2.85. The second kappa shape index (κ2) is 9.89. The summed E-state index contributed by atoms with van der Waals surface area (Å²) in [6.07, 6.45) is 5.84. The molecule has 3 nitrogen and oxygen atoms in total. The molecule has 0 aliphatic carbocycles. The Morgan fingerprint density at radius 3 is 2.35 bits per heavy atom. The van der Waals surface area contributed by atoms with Crippen molar-refractivity contribution in [2.75, 3.05) is 24.6 Å². The van der Waals surface area contributed by atoms with Gasteiger partial charge in [-0.3, -0.25) is 0 Å². The molecule has 0 aromatic heterocycles. The quantitative estimate of drug-likeness (QED) is 0.583. The zero-order valence-electron chi connectivity index (χ0n) is 11.7. The first kappa shape index (κ1) is 16.9. The van der Waals surface area contributed by atoms with Crippen LogP contribution in [-0.4, -0.2) is 33.0 Å². The Morgan fingerprint density at radius 2 is 1.76 bits per heavy atom. The van der Waals surface area contributed by atoms with Gasteiger partial charge >= 0.3 is 0 Å². The molecule has 0 radical (unpaired) electrons. The Kier molecular flexibility index (Phi) is 9.84. The van der Waals surface area contributed by atoms with E-state index in [2.05, 4.69) is 12.2 Å². The number of rotatable bonds is 11. The number of sulfone groups is 1. The molecule has 0 spiro atoms. The third-order valence-electron chi connectivity index (χ3n) is 3.03. The highest BCUT2D eigenvalue weighted by Crippen LogP contribution is 2.05. The van der Waals surface area contributed by atoms with Crippen LogP contribution in [-0.2, 0) is 9.84 Å². The Balaban J connectivity index is 3.53. The average Bonchev–Trinajstić information content (AvgIpc) is 2.27. The van der Waals surface area contributed by atoms with Gasteiger partial charge in [-0.25, -0.2) is 8.42 Å². The van der Waals surface area contributed by atoms with Crippen molar-refractivity contribution in [2.45, 2.75) is 52.9 Å². The maximum absolute atomic E-state index is 11.7. The van der Waals surface area contributed by atoms with Crippen molar-refractivity contribution in [3.63, 3.8) is 0 Å². The van der Waals surface area contributed by atoms with E-state index >= 15 is 0 Å². The SMILES string of the molecule is CCCCCCNCCS(=O)(=O)CC(C)CC. The minimum atomic E-state index is -2.85. The summed E-state index contributed by atoms with van der Waals surface area (Å²) in [5, 5.41) is 3.21. The molecule has 1 N–H and O–H groups in total. The van der Waals surface area contributed by atoms with Gasteiger partial charge in [-0.1, -0.05) is 46.5 Å². The van der Waals surface area contributed by atoms with Crippen LogP contribution in [0.25, 0.3) is 0 Å². The van der Waals surface area contributed by atoms with E-state index in [1.807, 2.05) is 13.8 Å². The Hall–Kier alpha value is -0.0900. The standard InChI is InChI=1S/C13H29NO2S/c1-4-6-7-8-9-14-10-11-17(15,16)12-13(3)5-2/h13-14H,4-12H2,1-3H3. The molecule has 0 rings (SSSR count). The van der Waals surface area contributed by atoms with E-state index in [0.29, 0.717) is 12.3 Å². The average molecular weight is 263 g/mol. The van der Waals surface area contributed by atoms with Crippen molar-refractivity contribution in [3.8, 4) is 0 Å². The van der Waals surface area contributed by atoms with Crippen LogP contribution < -0.4 is 5.32 Å². The Morgan fingerprint density at radius 1 is 1.06 bits per heavy atom. The molecule has 0 aliphatic heterocycles. The second-order valence-electron chi connectivity index (χ2n) is 4.94. The van der Waals surface area contributed by atoms with Crippen LogP contribution in [0.5, 0.6) is 0 Å². The third-order valence-corrected chi connectivity index (χ3v) is 4.94. The molecule has 17 heavy (non-hydrogen) atoms. The van der Waals surface area contributed by atoms with E-state index < -0.39 is 9.84 Å². The molecule has 0 aliphatic rings. The molecule has 0 heterocycles. The van der Waals surface area contributed by atoms with Crippen molar-refractivity contribution in [1.82, 2.24) is 5.32 Å². The summed E-state index contributed by atoms with van der Waals surface area (Å²) in [6, 6.07) is 0. The van der Waals surface area contributed by atoms with E-state index in [4.69, 9.17) is 0 Å².